The second kappa shape index (κ2) is 8.07. The van der Waals surface area contributed by atoms with Gasteiger partial charge in [0.05, 0.1) is 4.92 Å². The van der Waals surface area contributed by atoms with Crippen LogP contribution in [-0.2, 0) is 4.79 Å². The lowest BCUT2D eigenvalue weighted by molar-refractivity contribution is -0.384. The number of carbonyl (C=O) groups is 1. The second-order valence-corrected chi connectivity index (χ2v) is 6.68. The quantitative estimate of drug-likeness (QED) is 0.598. The van der Waals surface area contributed by atoms with E-state index < -0.39 is 4.92 Å². The van der Waals surface area contributed by atoms with Crippen molar-refractivity contribution in [3.05, 3.63) is 63.7 Å². The van der Waals surface area contributed by atoms with E-state index in [1.807, 2.05) is 32.0 Å². The van der Waals surface area contributed by atoms with Gasteiger partial charge in [-0.1, -0.05) is 6.07 Å². The largest absolute Gasteiger partial charge is 0.484 e. The van der Waals surface area contributed by atoms with E-state index in [4.69, 9.17) is 4.74 Å². The number of carbonyl (C=O) groups excluding carboxylic acids is 1. The summed E-state index contributed by atoms with van der Waals surface area (Å²) >= 11 is 0. The van der Waals surface area contributed by atoms with Crippen molar-refractivity contribution in [1.29, 1.82) is 0 Å². The SMILES string of the molecule is Cc1ccc(OCC(=O)N2CCN(c3ccc([N+](=O)[O-])cc3)CC2)cc1C. The molecule has 0 aromatic heterocycles. The van der Waals surface area contributed by atoms with Crippen molar-refractivity contribution in [2.45, 2.75) is 13.8 Å². The Labute approximate surface area is 158 Å². The van der Waals surface area contributed by atoms with Gasteiger partial charge in [-0.25, -0.2) is 0 Å². The van der Waals surface area contributed by atoms with Gasteiger partial charge in [0, 0.05) is 44.0 Å². The average Bonchev–Trinajstić information content (AvgIpc) is 2.69. The van der Waals surface area contributed by atoms with Gasteiger partial charge in [-0.05, 0) is 49.2 Å². The number of nitrogens with zero attached hydrogens (tertiary/aromatic N) is 3. The summed E-state index contributed by atoms with van der Waals surface area (Å²) in [5, 5.41) is 10.7. The number of hydrogen-bond acceptors (Lipinski definition) is 5. The Morgan fingerprint density at radius 1 is 1.04 bits per heavy atom. The summed E-state index contributed by atoms with van der Waals surface area (Å²) in [5.74, 6) is 0.674. The van der Waals surface area contributed by atoms with E-state index in [9.17, 15) is 14.9 Å². The number of piperazine rings is 1. The summed E-state index contributed by atoms with van der Waals surface area (Å²) in [7, 11) is 0. The lowest BCUT2D eigenvalue weighted by atomic mass is 10.1. The molecular weight excluding hydrogens is 346 g/mol. The maximum absolute atomic E-state index is 12.4. The highest BCUT2D eigenvalue weighted by molar-refractivity contribution is 5.78. The van der Waals surface area contributed by atoms with Crippen LogP contribution in [-0.4, -0.2) is 48.5 Å². The van der Waals surface area contributed by atoms with Crippen LogP contribution in [0.4, 0.5) is 11.4 Å². The molecule has 0 bridgehead atoms. The van der Waals surface area contributed by atoms with Crippen molar-refractivity contribution in [2.24, 2.45) is 0 Å². The molecule has 2 aromatic rings. The monoisotopic (exact) mass is 369 g/mol. The zero-order valence-electron chi connectivity index (χ0n) is 15.6. The average molecular weight is 369 g/mol. The molecule has 142 valence electrons. The third-order valence-electron chi connectivity index (χ3n) is 4.90. The van der Waals surface area contributed by atoms with E-state index in [2.05, 4.69) is 4.90 Å². The second-order valence-electron chi connectivity index (χ2n) is 6.68. The van der Waals surface area contributed by atoms with Crippen LogP contribution >= 0.6 is 0 Å². The maximum Gasteiger partial charge on any atom is 0.269 e. The van der Waals surface area contributed by atoms with Gasteiger partial charge in [0.25, 0.3) is 11.6 Å². The molecule has 0 aliphatic carbocycles. The molecule has 0 spiro atoms. The van der Waals surface area contributed by atoms with E-state index in [-0.39, 0.29) is 18.2 Å². The highest BCUT2D eigenvalue weighted by Crippen LogP contribution is 2.21. The summed E-state index contributed by atoms with van der Waals surface area (Å²) in [6.45, 7) is 6.66. The molecule has 0 unspecified atom stereocenters. The summed E-state index contributed by atoms with van der Waals surface area (Å²) in [4.78, 5) is 26.6. The van der Waals surface area contributed by atoms with E-state index in [1.54, 1.807) is 17.0 Å². The highest BCUT2D eigenvalue weighted by Gasteiger charge is 2.22. The van der Waals surface area contributed by atoms with Gasteiger partial charge in [0.1, 0.15) is 5.75 Å². The first kappa shape index (κ1) is 18.7. The fraction of sp³-hybridized carbons (Fsp3) is 0.350. The Balaban J connectivity index is 1.50. The zero-order chi connectivity index (χ0) is 19.4. The molecule has 0 atom stereocenters. The number of nitro groups is 1. The van der Waals surface area contributed by atoms with Crippen LogP contribution in [0.15, 0.2) is 42.5 Å². The van der Waals surface area contributed by atoms with Crippen LogP contribution < -0.4 is 9.64 Å². The molecular formula is C20H23N3O4. The molecule has 3 rings (SSSR count). The molecule has 1 heterocycles. The normalized spacial score (nSPS) is 14.1. The number of benzene rings is 2. The number of anilines is 1. The molecule has 7 heteroatoms. The van der Waals surface area contributed by atoms with Gasteiger partial charge in [-0.15, -0.1) is 0 Å². The molecule has 1 fully saturated rings. The van der Waals surface area contributed by atoms with Crippen molar-refractivity contribution >= 4 is 17.3 Å². The fourth-order valence-electron chi connectivity index (χ4n) is 3.04. The Bertz CT molecular complexity index is 828. The van der Waals surface area contributed by atoms with Crippen LogP contribution in [0.2, 0.25) is 0 Å². The first-order chi connectivity index (χ1) is 12.9. The lowest BCUT2D eigenvalue weighted by Crippen LogP contribution is -2.50. The minimum absolute atomic E-state index is 0.0278. The summed E-state index contributed by atoms with van der Waals surface area (Å²) in [5.41, 5.74) is 3.34. The Kier molecular flexibility index (Phi) is 5.59. The number of hydrogen-bond donors (Lipinski definition) is 0. The van der Waals surface area contributed by atoms with Crippen molar-refractivity contribution in [3.8, 4) is 5.75 Å². The van der Waals surface area contributed by atoms with E-state index in [1.165, 1.54) is 17.7 Å². The molecule has 1 saturated heterocycles. The zero-order valence-corrected chi connectivity index (χ0v) is 15.6. The predicted octanol–water partition coefficient (Wildman–Crippen LogP) is 2.94. The summed E-state index contributed by atoms with van der Waals surface area (Å²) in [6.07, 6.45) is 0. The van der Waals surface area contributed by atoms with Gasteiger partial charge in [0.2, 0.25) is 0 Å². The molecule has 27 heavy (non-hydrogen) atoms. The first-order valence-corrected chi connectivity index (χ1v) is 8.91. The molecule has 7 nitrogen and oxygen atoms in total. The molecule has 0 saturated carbocycles. The summed E-state index contributed by atoms with van der Waals surface area (Å²) in [6, 6.07) is 12.3. The van der Waals surface area contributed by atoms with Crippen LogP contribution in [0.1, 0.15) is 11.1 Å². The highest BCUT2D eigenvalue weighted by atomic mass is 16.6. The molecule has 1 aliphatic rings. The van der Waals surface area contributed by atoms with Crippen LogP contribution in [0.25, 0.3) is 0 Å². The third-order valence-corrected chi connectivity index (χ3v) is 4.90. The van der Waals surface area contributed by atoms with E-state index >= 15 is 0 Å². The van der Waals surface area contributed by atoms with Crippen molar-refractivity contribution in [2.75, 3.05) is 37.7 Å². The molecule has 0 radical (unpaired) electrons. The number of amides is 1. The minimum atomic E-state index is -0.407. The van der Waals surface area contributed by atoms with Crippen molar-refractivity contribution in [1.82, 2.24) is 4.90 Å². The Morgan fingerprint density at radius 3 is 2.30 bits per heavy atom. The van der Waals surface area contributed by atoms with Crippen LogP contribution in [0.5, 0.6) is 5.75 Å². The molecule has 1 amide bonds. The number of ether oxygens (including phenoxy) is 1. The number of nitro benzene ring substituents is 1. The smallest absolute Gasteiger partial charge is 0.269 e. The van der Waals surface area contributed by atoms with Gasteiger partial charge >= 0.3 is 0 Å². The van der Waals surface area contributed by atoms with Gasteiger partial charge in [-0.3, -0.25) is 14.9 Å². The fourth-order valence-corrected chi connectivity index (χ4v) is 3.04. The van der Waals surface area contributed by atoms with Gasteiger partial charge in [0.15, 0.2) is 6.61 Å². The molecule has 0 N–H and O–H groups in total. The van der Waals surface area contributed by atoms with Crippen LogP contribution in [0.3, 0.4) is 0 Å². The standard InChI is InChI=1S/C20H23N3O4/c1-15-3-8-19(13-16(15)2)27-14-20(24)22-11-9-21(10-12-22)17-4-6-18(7-5-17)23(25)26/h3-8,13H,9-12,14H2,1-2H3. The Hall–Kier alpha value is -3.09. The minimum Gasteiger partial charge on any atom is -0.484 e. The molecule has 1 aliphatic heterocycles. The number of aryl methyl sites for hydroxylation is 2. The summed E-state index contributed by atoms with van der Waals surface area (Å²) < 4.78 is 5.64. The van der Waals surface area contributed by atoms with E-state index in [0.29, 0.717) is 31.9 Å². The third kappa shape index (κ3) is 4.55. The van der Waals surface area contributed by atoms with Crippen LogP contribution in [0, 0.1) is 24.0 Å². The van der Waals surface area contributed by atoms with Crippen molar-refractivity contribution < 1.29 is 14.5 Å². The molecule has 2 aromatic carbocycles. The first-order valence-electron chi connectivity index (χ1n) is 8.91. The van der Waals surface area contributed by atoms with Crippen molar-refractivity contribution in [3.63, 3.8) is 0 Å². The Morgan fingerprint density at radius 2 is 1.70 bits per heavy atom. The lowest BCUT2D eigenvalue weighted by Gasteiger charge is -2.36. The number of non-ortho nitro benzene ring substituents is 1. The maximum atomic E-state index is 12.4. The number of rotatable bonds is 5. The topological polar surface area (TPSA) is 75.9 Å². The van der Waals surface area contributed by atoms with E-state index in [0.717, 1.165) is 11.3 Å². The van der Waals surface area contributed by atoms with Gasteiger partial charge in [-0.2, -0.15) is 0 Å². The predicted molar refractivity (Wildman–Crippen MR) is 103 cm³/mol. The van der Waals surface area contributed by atoms with Gasteiger partial charge < -0.3 is 14.5 Å².